The summed E-state index contributed by atoms with van der Waals surface area (Å²) < 4.78 is 16.0. The molecular formula is C34H36N5O7P. The summed E-state index contributed by atoms with van der Waals surface area (Å²) in [5.41, 5.74) is 3.28. The number of piperazine rings is 1. The van der Waals surface area contributed by atoms with Crippen molar-refractivity contribution < 1.29 is 33.3 Å². The zero-order valence-corrected chi connectivity index (χ0v) is 26.9. The normalized spacial score (nSPS) is 20.4. The van der Waals surface area contributed by atoms with Crippen molar-refractivity contribution in [3.8, 4) is 5.75 Å². The Morgan fingerprint density at radius 2 is 1.68 bits per heavy atom. The molecule has 6 rings (SSSR count). The van der Waals surface area contributed by atoms with Crippen molar-refractivity contribution >= 4 is 36.4 Å². The van der Waals surface area contributed by atoms with Crippen LogP contribution in [0.4, 0.5) is 0 Å². The maximum Gasteiger partial charge on any atom is 0.524 e. The largest absolute Gasteiger partial charge is 0.524 e. The summed E-state index contributed by atoms with van der Waals surface area (Å²) in [6, 6.07) is 23.9. The predicted octanol–water partition coefficient (Wildman–Crippen LogP) is 3.52. The van der Waals surface area contributed by atoms with Gasteiger partial charge in [-0.05, 0) is 48.2 Å². The van der Waals surface area contributed by atoms with Crippen molar-refractivity contribution in [1.29, 1.82) is 0 Å². The van der Waals surface area contributed by atoms with E-state index in [9.17, 15) is 28.7 Å². The van der Waals surface area contributed by atoms with Crippen LogP contribution in [0, 0.1) is 0 Å². The number of nitrogens with zero attached hydrogens (tertiary/aromatic N) is 5. The highest BCUT2D eigenvalue weighted by Gasteiger charge is 2.53. The number of aryl methyl sites for hydroxylation is 1. The summed E-state index contributed by atoms with van der Waals surface area (Å²) in [5, 5.41) is 4.20. The molecule has 4 aromatic rings. The Morgan fingerprint density at radius 1 is 0.957 bits per heavy atom. The van der Waals surface area contributed by atoms with Crippen LogP contribution in [0.25, 0.3) is 10.9 Å². The van der Waals surface area contributed by atoms with Crippen molar-refractivity contribution in [2.75, 3.05) is 13.6 Å². The minimum atomic E-state index is -4.75. The van der Waals surface area contributed by atoms with E-state index in [-0.39, 0.29) is 49.4 Å². The molecule has 2 saturated heterocycles. The molecule has 0 radical (unpaired) electrons. The number of hydrazine groups is 1. The Hall–Kier alpha value is -4.61. The van der Waals surface area contributed by atoms with E-state index in [2.05, 4.69) is 9.51 Å². The van der Waals surface area contributed by atoms with Crippen LogP contribution in [0.3, 0.4) is 0 Å². The second-order valence-electron chi connectivity index (χ2n) is 11.9. The standard InChI is InChI=1S/C34H36N5O7P/c1-23-33-38(31(41)22-36(2)39(33)30(40)18-15-24-8-4-3-5-9-24)29(20-25-13-16-28(17-14-25)46-47(43,44)45)34(42)37(23)21-27-11-6-10-26-12-7-19-35-32(26)27/h3-14,16-17,19,23,29,33H,15,18,20-22H2,1-2H3,(H2,43,44,45). The summed E-state index contributed by atoms with van der Waals surface area (Å²) in [6.07, 6.45) is 1.79. The summed E-state index contributed by atoms with van der Waals surface area (Å²) in [7, 11) is -3.04. The molecule has 2 aliphatic heterocycles. The van der Waals surface area contributed by atoms with Crippen LogP contribution in [-0.4, -0.2) is 84.2 Å². The zero-order valence-electron chi connectivity index (χ0n) is 26.0. The van der Waals surface area contributed by atoms with E-state index >= 15 is 0 Å². The molecule has 3 aromatic carbocycles. The van der Waals surface area contributed by atoms with Gasteiger partial charge in [-0.3, -0.25) is 34.2 Å². The molecular weight excluding hydrogens is 621 g/mol. The summed E-state index contributed by atoms with van der Waals surface area (Å²) >= 11 is 0. The molecule has 244 valence electrons. The van der Waals surface area contributed by atoms with Gasteiger partial charge >= 0.3 is 7.82 Å². The molecule has 0 bridgehead atoms. The van der Waals surface area contributed by atoms with Crippen molar-refractivity contribution in [1.82, 2.24) is 24.8 Å². The topological polar surface area (TPSA) is 144 Å². The van der Waals surface area contributed by atoms with Crippen molar-refractivity contribution in [2.24, 2.45) is 0 Å². The molecule has 47 heavy (non-hydrogen) atoms. The van der Waals surface area contributed by atoms with Gasteiger partial charge in [-0.2, -0.15) is 0 Å². The third-order valence-corrected chi connectivity index (χ3v) is 9.19. The molecule has 0 spiro atoms. The Labute approximate surface area is 272 Å². The molecule has 1 aromatic heterocycles. The Balaban J connectivity index is 1.36. The first-order valence-corrected chi connectivity index (χ1v) is 16.9. The summed E-state index contributed by atoms with van der Waals surface area (Å²) in [6.45, 7) is 2.00. The first-order chi connectivity index (χ1) is 22.5. The Morgan fingerprint density at radius 3 is 2.40 bits per heavy atom. The van der Waals surface area contributed by atoms with Crippen molar-refractivity contribution in [3.63, 3.8) is 0 Å². The summed E-state index contributed by atoms with van der Waals surface area (Å²) in [4.78, 5) is 68.5. The second-order valence-corrected chi connectivity index (χ2v) is 13.1. The zero-order chi connectivity index (χ0) is 33.3. The fraction of sp³-hybridized carbons (Fsp3) is 0.294. The van der Waals surface area contributed by atoms with Gasteiger partial charge in [0.05, 0.1) is 18.1 Å². The number of benzene rings is 3. The number of aromatic nitrogens is 1. The SMILES string of the molecule is CC1C2N(C(=O)CN(C)N2C(=O)CCc2ccccc2)C(Cc2ccc(OP(=O)(O)O)cc2)C(=O)N1Cc1cccc2cccnc12. The van der Waals surface area contributed by atoms with Crippen LogP contribution in [-0.2, 0) is 38.3 Å². The molecule has 2 aliphatic rings. The van der Waals surface area contributed by atoms with Crippen LogP contribution in [0.1, 0.15) is 30.0 Å². The van der Waals surface area contributed by atoms with E-state index in [0.717, 1.165) is 22.0 Å². The maximum atomic E-state index is 14.5. The van der Waals surface area contributed by atoms with Gasteiger partial charge in [0, 0.05) is 38.0 Å². The van der Waals surface area contributed by atoms with Crippen LogP contribution in [0.15, 0.2) is 91.1 Å². The number of likely N-dealkylation sites (N-methyl/N-ethyl adjacent to an activating group) is 1. The monoisotopic (exact) mass is 657 g/mol. The number of fused-ring (bicyclic) bond motifs is 2. The van der Waals surface area contributed by atoms with Gasteiger partial charge < -0.3 is 14.3 Å². The van der Waals surface area contributed by atoms with Gasteiger partial charge in [0.25, 0.3) is 0 Å². The number of hydrogen-bond donors (Lipinski definition) is 2. The highest BCUT2D eigenvalue weighted by Crippen LogP contribution is 2.38. The van der Waals surface area contributed by atoms with Crippen LogP contribution in [0.5, 0.6) is 5.75 Å². The quantitative estimate of drug-likeness (QED) is 0.259. The smallest absolute Gasteiger partial charge is 0.404 e. The predicted molar refractivity (Wildman–Crippen MR) is 173 cm³/mol. The molecule has 12 nitrogen and oxygen atoms in total. The first-order valence-electron chi connectivity index (χ1n) is 15.4. The number of carbonyl (C=O) groups is 3. The van der Waals surface area contributed by atoms with Crippen LogP contribution < -0.4 is 4.52 Å². The molecule has 3 unspecified atom stereocenters. The Kier molecular flexibility index (Phi) is 9.11. The summed E-state index contributed by atoms with van der Waals surface area (Å²) in [5.74, 6) is -0.737. The fourth-order valence-corrected chi connectivity index (χ4v) is 6.97. The number of carbonyl (C=O) groups excluding carboxylic acids is 3. The molecule has 3 heterocycles. The average Bonchev–Trinajstić information content (AvgIpc) is 3.04. The van der Waals surface area contributed by atoms with Crippen molar-refractivity contribution in [3.05, 3.63) is 108 Å². The van der Waals surface area contributed by atoms with E-state index < -0.39 is 26.1 Å². The number of rotatable bonds is 9. The number of para-hydroxylation sites is 1. The van der Waals surface area contributed by atoms with Crippen LogP contribution in [0.2, 0.25) is 0 Å². The fourth-order valence-electron chi connectivity index (χ4n) is 6.57. The van der Waals surface area contributed by atoms with Gasteiger partial charge in [0.1, 0.15) is 18.0 Å². The van der Waals surface area contributed by atoms with E-state index in [4.69, 9.17) is 0 Å². The Bertz CT molecular complexity index is 1830. The van der Waals surface area contributed by atoms with E-state index in [1.165, 1.54) is 12.1 Å². The molecule has 3 amide bonds. The van der Waals surface area contributed by atoms with E-state index in [1.807, 2.05) is 67.6 Å². The minimum Gasteiger partial charge on any atom is -0.404 e. The van der Waals surface area contributed by atoms with Gasteiger partial charge in [-0.1, -0.05) is 66.7 Å². The third kappa shape index (κ3) is 6.91. The molecule has 3 atom stereocenters. The maximum absolute atomic E-state index is 14.5. The van der Waals surface area contributed by atoms with Gasteiger partial charge in [-0.15, -0.1) is 0 Å². The highest BCUT2D eigenvalue weighted by atomic mass is 31.2. The molecule has 0 saturated carbocycles. The highest BCUT2D eigenvalue weighted by molar-refractivity contribution is 7.46. The van der Waals surface area contributed by atoms with Gasteiger partial charge in [0.2, 0.25) is 17.7 Å². The van der Waals surface area contributed by atoms with Crippen LogP contribution >= 0.6 is 7.82 Å². The molecule has 13 heteroatoms. The third-order valence-electron chi connectivity index (χ3n) is 8.74. The molecule has 2 fully saturated rings. The number of hydrogen-bond acceptors (Lipinski definition) is 7. The van der Waals surface area contributed by atoms with E-state index in [0.29, 0.717) is 12.0 Å². The molecule has 0 aliphatic carbocycles. The lowest BCUT2D eigenvalue weighted by Gasteiger charge is -2.57. The van der Waals surface area contributed by atoms with Crippen molar-refractivity contribution in [2.45, 2.75) is 51.0 Å². The first kappa shape index (κ1) is 32.3. The van der Waals surface area contributed by atoms with Gasteiger partial charge in [0.15, 0.2) is 0 Å². The lowest BCUT2D eigenvalue weighted by molar-refractivity contribution is -0.210. The number of phosphoric acid groups is 1. The average molecular weight is 658 g/mol. The number of amides is 3. The number of pyridine rings is 1. The molecule has 2 N–H and O–H groups in total. The second kappa shape index (κ2) is 13.2. The number of phosphoric ester groups is 1. The lowest BCUT2D eigenvalue weighted by atomic mass is 9.94. The lowest BCUT2D eigenvalue weighted by Crippen LogP contribution is -2.78. The van der Waals surface area contributed by atoms with E-state index in [1.54, 1.807) is 45.2 Å². The van der Waals surface area contributed by atoms with Gasteiger partial charge in [-0.25, -0.2) is 9.57 Å². The minimum absolute atomic E-state index is 0.0282.